The second-order valence-electron chi connectivity index (χ2n) is 1.96. The van der Waals surface area contributed by atoms with Gasteiger partial charge in [-0.05, 0) is 6.07 Å². The van der Waals surface area contributed by atoms with Crippen molar-refractivity contribution in [2.24, 2.45) is 0 Å². The lowest BCUT2D eigenvalue weighted by Gasteiger charge is -1.97. The smallest absolute Gasteiger partial charge is 0.0998 e. The molecule has 0 aromatic heterocycles. The summed E-state index contributed by atoms with van der Waals surface area (Å²) in [6.45, 7) is 0. The highest BCUT2D eigenvalue weighted by Crippen LogP contribution is 2.10. The molecule has 0 unspecified atom stereocenters. The van der Waals surface area contributed by atoms with Crippen LogP contribution in [0.25, 0.3) is 0 Å². The molecule has 0 aliphatic heterocycles. The van der Waals surface area contributed by atoms with Crippen LogP contribution in [0.3, 0.4) is 0 Å². The summed E-state index contributed by atoms with van der Waals surface area (Å²) in [6.07, 6.45) is 0. The van der Waals surface area contributed by atoms with Crippen molar-refractivity contribution in [3.05, 3.63) is 35.4 Å². The van der Waals surface area contributed by atoms with Gasteiger partial charge in [0.15, 0.2) is 0 Å². The van der Waals surface area contributed by atoms with E-state index in [0.717, 1.165) is 5.56 Å². The largest absolute Gasteiger partial charge is 0.192 e. The molecule has 1 rings (SSSR count). The van der Waals surface area contributed by atoms with E-state index >= 15 is 0 Å². The second kappa shape index (κ2) is 3.51. The molecule has 54 valence electrons. The van der Waals surface area contributed by atoms with Crippen LogP contribution in [0.5, 0.6) is 0 Å². The Kier molecular flexibility index (Phi) is 2.64. The number of nitrogens with zero attached hydrogens (tertiary/aromatic N) is 1. The van der Waals surface area contributed by atoms with Gasteiger partial charge in [-0.25, -0.2) is 0 Å². The van der Waals surface area contributed by atoms with Gasteiger partial charge in [0.2, 0.25) is 0 Å². The quantitative estimate of drug-likeness (QED) is 0.527. The van der Waals surface area contributed by atoms with Crippen LogP contribution in [0.15, 0.2) is 24.3 Å². The van der Waals surface area contributed by atoms with Crippen molar-refractivity contribution in [1.82, 2.24) is 0 Å². The maximum Gasteiger partial charge on any atom is 0.0998 e. The molecule has 0 aliphatic rings. The third-order valence-corrected chi connectivity index (χ3v) is 1.74. The van der Waals surface area contributed by atoms with E-state index in [0.29, 0.717) is 9.76 Å². The van der Waals surface area contributed by atoms with E-state index in [2.05, 4.69) is 12.6 Å². The molecule has 0 N–H and O–H groups in total. The number of benzene rings is 1. The van der Waals surface area contributed by atoms with Crippen LogP contribution < -0.4 is 0 Å². The molecule has 1 nitrogen and oxygen atoms in total. The minimum atomic E-state index is 0.460. The summed E-state index contributed by atoms with van der Waals surface area (Å²) in [6, 6.07) is 9.18. The standard InChI is InChI=1S/C8H5NS2/c9-5-6-3-1-2-4-7(6)8(10)11/h1-4H,(H,10,11). The van der Waals surface area contributed by atoms with Crippen molar-refractivity contribution in [2.45, 2.75) is 0 Å². The summed E-state index contributed by atoms with van der Waals surface area (Å²) in [5, 5.41) is 8.62. The minimum absolute atomic E-state index is 0.460. The third-order valence-electron chi connectivity index (χ3n) is 1.28. The Morgan fingerprint density at radius 1 is 1.45 bits per heavy atom. The average molecular weight is 179 g/mol. The summed E-state index contributed by atoms with van der Waals surface area (Å²) in [5.41, 5.74) is 1.31. The minimum Gasteiger partial charge on any atom is -0.192 e. The maximum atomic E-state index is 8.62. The number of hydrogen-bond acceptors (Lipinski definition) is 2. The zero-order chi connectivity index (χ0) is 8.27. The van der Waals surface area contributed by atoms with Crippen LogP contribution >= 0.6 is 24.8 Å². The Morgan fingerprint density at radius 3 is 2.55 bits per heavy atom. The third kappa shape index (κ3) is 1.79. The van der Waals surface area contributed by atoms with Crippen molar-refractivity contribution in [1.29, 1.82) is 5.26 Å². The zero-order valence-corrected chi connectivity index (χ0v) is 7.32. The number of rotatable bonds is 1. The Morgan fingerprint density at radius 2 is 2.09 bits per heavy atom. The Hall–Kier alpha value is -0.850. The molecule has 1 aromatic rings. The number of hydrogen-bond donors (Lipinski definition) is 1. The number of thiol groups is 1. The first-order valence-electron chi connectivity index (χ1n) is 2.98. The van der Waals surface area contributed by atoms with Gasteiger partial charge in [-0.1, -0.05) is 30.4 Å². The van der Waals surface area contributed by atoms with Gasteiger partial charge < -0.3 is 0 Å². The van der Waals surface area contributed by atoms with Gasteiger partial charge in [0.25, 0.3) is 0 Å². The molecule has 0 amide bonds. The van der Waals surface area contributed by atoms with Crippen LogP contribution in [-0.4, -0.2) is 4.20 Å². The summed E-state index contributed by atoms with van der Waals surface area (Å²) >= 11 is 8.82. The van der Waals surface area contributed by atoms with Crippen molar-refractivity contribution in [3.63, 3.8) is 0 Å². The van der Waals surface area contributed by atoms with Crippen molar-refractivity contribution < 1.29 is 0 Å². The van der Waals surface area contributed by atoms with Crippen LogP contribution in [0.1, 0.15) is 11.1 Å². The molecule has 0 saturated heterocycles. The fourth-order valence-electron chi connectivity index (χ4n) is 0.767. The van der Waals surface area contributed by atoms with Crippen LogP contribution in [0.2, 0.25) is 0 Å². The van der Waals surface area contributed by atoms with E-state index in [1.165, 1.54) is 0 Å². The molecule has 0 radical (unpaired) electrons. The average Bonchev–Trinajstić information content (AvgIpc) is 2.04. The lowest BCUT2D eigenvalue weighted by molar-refractivity contribution is 1.48. The molecule has 0 saturated carbocycles. The first-order chi connectivity index (χ1) is 5.25. The predicted molar refractivity (Wildman–Crippen MR) is 51.8 cm³/mol. The molecule has 0 aliphatic carbocycles. The fraction of sp³-hybridized carbons (Fsp3) is 0. The highest BCUT2D eigenvalue weighted by molar-refractivity contribution is 8.11. The topological polar surface area (TPSA) is 23.8 Å². The van der Waals surface area contributed by atoms with E-state index in [1.54, 1.807) is 18.2 Å². The van der Waals surface area contributed by atoms with E-state index in [4.69, 9.17) is 17.5 Å². The lowest BCUT2D eigenvalue weighted by Crippen LogP contribution is -1.91. The van der Waals surface area contributed by atoms with Crippen molar-refractivity contribution in [3.8, 4) is 6.07 Å². The first kappa shape index (κ1) is 8.25. The predicted octanol–water partition coefficient (Wildman–Crippen LogP) is 2.16. The van der Waals surface area contributed by atoms with Crippen LogP contribution in [0.4, 0.5) is 0 Å². The van der Waals surface area contributed by atoms with Gasteiger partial charge >= 0.3 is 0 Å². The Bertz CT molecular complexity index is 325. The molecular weight excluding hydrogens is 174 g/mol. The Labute approximate surface area is 76.1 Å². The van der Waals surface area contributed by atoms with Gasteiger partial charge in [-0.3, -0.25) is 0 Å². The fourth-order valence-corrected chi connectivity index (χ4v) is 1.14. The van der Waals surface area contributed by atoms with Crippen molar-refractivity contribution in [2.75, 3.05) is 0 Å². The number of thiocarbonyl (C=S) groups is 1. The highest BCUT2D eigenvalue weighted by Gasteiger charge is 2.01. The summed E-state index contributed by atoms with van der Waals surface area (Å²) in [4.78, 5) is 0. The highest BCUT2D eigenvalue weighted by atomic mass is 32.1. The molecule has 0 bridgehead atoms. The van der Waals surface area contributed by atoms with E-state index in [1.807, 2.05) is 12.1 Å². The first-order valence-corrected chi connectivity index (χ1v) is 3.83. The molecule has 3 heteroatoms. The monoisotopic (exact) mass is 179 g/mol. The summed E-state index contributed by atoms with van der Waals surface area (Å²) in [5.74, 6) is 0. The van der Waals surface area contributed by atoms with E-state index in [-0.39, 0.29) is 0 Å². The van der Waals surface area contributed by atoms with E-state index in [9.17, 15) is 0 Å². The molecule has 0 heterocycles. The van der Waals surface area contributed by atoms with Crippen molar-refractivity contribution >= 4 is 29.0 Å². The molecule has 0 spiro atoms. The SMILES string of the molecule is N#Cc1ccccc1C(=S)S. The molecule has 1 aromatic carbocycles. The number of nitriles is 1. The van der Waals surface area contributed by atoms with E-state index < -0.39 is 0 Å². The Balaban J connectivity index is 3.26. The van der Waals surface area contributed by atoms with Gasteiger partial charge in [-0.15, -0.1) is 12.6 Å². The van der Waals surface area contributed by atoms with Gasteiger partial charge in [-0.2, -0.15) is 5.26 Å². The zero-order valence-electron chi connectivity index (χ0n) is 5.61. The maximum absolute atomic E-state index is 8.62. The lowest BCUT2D eigenvalue weighted by atomic mass is 10.1. The molecule has 11 heavy (non-hydrogen) atoms. The van der Waals surface area contributed by atoms with Crippen LogP contribution in [-0.2, 0) is 0 Å². The van der Waals surface area contributed by atoms with Gasteiger partial charge in [0, 0.05) is 5.56 Å². The molecular formula is C8H5NS2. The summed E-state index contributed by atoms with van der Waals surface area (Å²) < 4.78 is 0.460. The molecule has 0 fully saturated rings. The van der Waals surface area contributed by atoms with Gasteiger partial charge in [0.05, 0.1) is 15.8 Å². The van der Waals surface area contributed by atoms with Gasteiger partial charge in [0.1, 0.15) is 0 Å². The molecule has 0 atom stereocenters. The summed E-state index contributed by atoms with van der Waals surface area (Å²) in [7, 11) is 0. The van der Waals surface area contributed by atoms with Crippen LogP contribution in [0, 0.1) is 11.3 Å². The second-order valence-corrected chi connectivity index (χ2v) is 3.12. The normalized spacial score (nSPS) is 8.73.